The van der Waals surface area contributed by atoms with E-state index in [0.717, 1.165) is 49.0 Å². The second-order valence-electron chi connectivity index (χ2n) is 12.1. The summed E-state index contributed by atoms with van der Waals surface area (Å²) in [5, 5.41) is 22.3. The molecule has 2 N–H and O–H groups in total. The van der Waals surface area contributed by atoms with E-state index in [0.29, 0.717) is 40.9 Å². The highest BCUT2D eigenvalue weighted by molar-refractivity contribution is 5.63. The molecule has 8 nitrogen and oxygen atoms in total. The number of methoxy groups -OCH3 is 2. The summed E-state index contributed by atoms with van der Waals surface area (Å²) in [6.45, 7) is 1.75. The van der Waals surface area contributed by atoms with Crippen LogP contribution in [0.4, 0.5) is 0 Å². The maximum Gasteiger partial charge on any atom is 0.201 e. The van der Waals surface area contributed by atoms with E-state index in [1.807, 2.05) is 30.3 Å². The lowest BCUT2D eigenvalue weighted by Crippen LogP contribution is -2.34. The van der Waals surface area contributed by atoms with Crippen molar-refractivity contribution < 1.29 is 29.2 Å². The zero-order valence-electron chi connectivity index (χ0n) is 25.6. The summed E-state index contributed by atoms with van der Waals surface area (Å²) in [4.78, 5) is 4.65. The Bertz CT molecular complexity index is 1720. The van der Waals surface area contributed by atoms with E-state index in [1.54, 1.807) is 20.3 Å². The van der Waals surface area contributed by atoms with Crippen molar-refractivity contribution in [3.63, 3.8) is 0 Å². The van der Waals surface area contributed by atoms with Crippen LogP contribution in [0.5, 0.6) is 46.0 Å². The molecule has 0 saturated heterocycles. The molecule has 4 aliphatic rings. The van der Waals surface area contributed by atoms with Crippen molar-refractivity contribution in [2.45, 2.75) is 37.8 Å². The Balaban J connectivity index is 1.45. The van der Waals surface area contributed by atoms with Crippen LogP contribution in [-0.4, -0.2) is 61.4 Å². The van der Waals surface area contributed by atoms with Gasteiger partial charge in [-0.2, -0.15) is 0 Å². The van der Waals surface area contributed by atoms with Gasteiger partial charge in [-0.05, 0) is 110 Å². The molecule has 0 spiro atoms. The molecule has 4 aliphatic heterocycles. The van der Waals surface area contributed by atoms with Crippen LogP contribution in [0.1, 0.15) is 45.5 Å². The predicted molar refractivity (Wildman–Crippen MR) is 168 cm³/mol. The number of rotatable bonds is 2. The Morgan fingerprint density at radius 3 is 2.11 bits per heavy atom. The van der Waals surface area contributed by atoms with Gasteiger partial charge in [0.05, 0.1) is 14.2 Å². The standard InChI is InChI=1S/C36H38N2O6/c1-37-13-11-23-18-31(41-3)32-20-26(23)27(37)15-21-5-8-25(9-6-21)43-30-17-22(7-10-29(30)39)16-28-34-24(12-14-38(28)2)19-33(42-4)35(40)36(34)44-32/h5-10,17-20,27-28,39-40H,11-16H2,1-4H3/t27-,28+/m0/s1. The van der Waals surface area contributed by atoms with Crippen molar-refractivity contribution >= 4 is 0 Å². The second-order valence-corrected chi connectivity index (χ2v) is 12.1. The van der Waals surface area contributed by atoms with E-state index in [2.05, 4.69) is 48.2 Å². The number of fused-ring (bicyclic) bond motifs is 2. The van der Waals surface area contributed by atoms with Crippen LogP contribution in [0.3, 0.4) is 0 Å². The fraction of sp³-hybridized carbons (Fsp3) is 0.333. The highest BCUT2D eigenvalue weighted by atomic mass is 16.5. The van der Waals surface area contributed by atoms with Crippen LogP contribution >= 0.6 is 0 Å². The minimum atomic E-state index is -0.122. The first-order chi connectivity index (χ1) is 21.3. The van der Waals surface area contributed by atoms with Crippen molar-refractivity contribution in [3.05, 3.63) is 94.0 Å². The molecule has 44 heavy (non-hydrogen) atoms. The zero-order chi connectivity index (χ0) is 30.5. The highest BCUT2D eigenvalue weighted by Gasteiger charge is 2.34. The molecular formula is C36H38N2O6. The molecule has 0 aromatic heterocycles. The Labute approximate surface area is 258 Å². The molecule has 0 unspecified atom stereocenters. The third kappa shape index (κ3) is 4.98. The van der Waals surface area contributed by atoms with Crippen LogP contribution in [0.2, 0.25) is 0 Å². The average molecular weight is 595 g/mol. The molecule has 8 heteroatoms. The lowest BCUT2D eigenvalue weighted by atomic mass is 9.87. The van der Waals surface area contributed by atoms with Crippen molar-refractivity contribution in [1.29, 1.82) is 0 Å². The highest BCUT2D eigenvalue weighted by Crippen LogP contribution is 2.51. The summed E-state index contributed by atoms with van der Waals surface area (Å²) in [6, 6.07) is 19.7. The summed E-state index contributed by atoms with van der Waals surface area (Å²) < 4.78 is 24.5. The van der Waals surface area contributed by atoms with Crippen LogP contribution in [0, 0.1) is 0 Å². The Hall–Kier alpha value is -4.40. The molecule has 0 amide bonds. The van der Waals surface area contributed by atoms with Gasteiger partial charge in [-0.3, -0.25) is 9.80 Å². The number of nitrogens with zero attached hydrogens (tertiary/aromatic N) is 2. The lowest BCUT2D eigenvalue weighted by molar-refractivity contribution is 0.220. The van der Waals surface area contributed by atoms with Gasteiger partial charge < -0.3 is 29.2 Å². The summed E-state index contributed by atoms with van der Waals surface area (Å²) in [5.41, 5.74) is 6.55. The van der Waals surface area contributed by atoms with Gasteiger partial charge >= 0.3 is 0 Å². The number of phenolic OH excluding ortho intramolecular Hbond substituents is 2. The van der Waals surface area contributed by atoms with Gasteiger partial charge in [0.15, 0.2) is 34.5 Å². The molecule has 4 aromatic carbocycles. The van der Waals surface area contributed by atoms with E-state index in [1.165, 1.54) is 16.7 Å². The lowest BCUT2D eigenvalue weighted by Gasteiger charge is -2.37. The van der Waals surface area contributed by atoms with Gasteiger partial charge in [-0.25, -0.2) is 0 Å². The fourth-order valence-corrected chi connectivity index (χ4v) is 6.94. The normalized spacial score (nSPS) is 19.6. The molecule has 228 valence electrons. The zero-order valence-corrected chi connectivity index (χ0v) is 25.6. The molecule has 0 aliphatic carbocycles. The maximum atomic E-state index is 11.6. The van der Waals surface area contributed by atoms with Crippen molar-refractivity contribution in [2.75, 3.05) is 41.4 Å². The van der Waals surface area contributed by atoms with E-state index >= 15 is 0 Å². The van der Waals surface area contributed by atoms with Crippen LogP contribution in [0.25, 0.3) is 0 Å². The number of likely N-dealkylation sites (N-methyl/N-ethyl adjacent to an activating group) is 2. The molecule has 0 radical (unpaired) electrons. The van der Waals surface area contributed by atoms with Crippen LogP contribution in [-0.2, 0) is 25.7 Å². The largest absolute Gasteiger partial charge is 0.504 e. The molecule has 2 atom stereocenters. The van der Waals surface area contributed by atoms with E-state index < -0.39 is 0 Å². The summed E-state index contributed by atoms with van der Waals surface area (Å²) in [7, 11) is 7.46. The number of phenols is 2. The van der Waals surface area contributed by atoms with Gasteiger partial charge in [0, 0.05) is 30.7 Å². The number of ether oxygens (including phenoxy) is 4. The molecule has 8 rings (SSSR count). The smallest absolute Gasteiger partial charge is 0.201 e. The van der Waals surface area contributed by atoms with Gasteiger partial charge in [0.2, 0.25) is 5.75 Å². The molecule has 4 aromatic rings. The van der Waals surface area contributed by atoms with Crippen LogP contribution in [0.15, 0.2) is 60.7 Å². The molecule has 0 saturated carbocycles. The molecule has 6 bridgehead atoms. The third-order valence-electron chi connectivity index (χ3n) is 9.46. The van der Waals surface area contributed by atoms with Gasteiger partial charge in [-0.1, -0.05) is 18.2 Å². The second kappa shape index (κ2) is 11.3. The summed E-state index contributed by atoms with van der Waals surface area (Å²) >= 11 is 0. The van der Waals surface area contributed by atoms with Crippen molar-refractivity contribution in [3.8, 4) is 46.0 Å². The number of aromatic hydroxyl groups is 2. The van der Waals surface area contributed by atoms with Crippen LogP contribution < -0.4 is 18.9 Å². The van der Waals surface area contributed by atoms with Gasteiger partial charge in [0.1, 0.15) is 5.75 Å². The van der Waals surface area contributed by atoms with Crippen molar-refractivity contribution in [2.24, 2.45) is 0 Å². The average Bonchev–Trinajstić information content (AvgIpc) is 3.03. The minimum Gasteiger partial charge on any atom is -0.504 e. The third-order valence-corrected chi connectivity index (χ3v) is 9.46. The Kier molecular flexibility index (Phi) is 7.26. The summed E-state index contributed by atoms with van der Waals surface area (Å²) in [6.07, 6.45) is 3.08. The predicted octanol–water partition coefficient (Wildman–Crippen LogP) is 6.56. The first-order valence-electron chi connectivity index (χ1n) is 15.1. The molecule has 0 fully saturated rings. The number of benzene rings is 4. The van der Waals surface area contributed by atoms with E-state index in [4.69, 9.17) is 18.9 Å². The molecule has 4 heterocycles. The first-order valence-corrected chi connectivity index (χ1v) is 15.1. The number of hydrogen-bond acceptors (Lipinski definition) is 8. The minimum absolute atomic E-state index is 0.0383. The van der Waals surface area contributed by atoms with Gasteiger partial charge in [-0.15, -0.1) is 0 Å². The molecular weight excluding hydrogens is 556 g/mol. The van der Waals surface area contributed by atoms with E-state index in [9.17, 15) is 10.2 Å². The SMILES string of the molecule is COc1cc2c3cc1Oc1c(O)c(OC)cc4c1[C@@H](Cc1ccc(O)c(c1)Oc1ccc(cc1)C[C@@H]3N(C)CC2)N(C)CC4. The van der Waals surface area contributed by atoms with Crippen molar-refractivity contribution in [1.82, 2.24) is 9.80 Å². The fourth-order valence-electron chi connectivity index (χ4n) is 6.94. The number of hydrogen-bond donors (Lipinski definition) is 2. The Morgan fingerprint density at radius 1 is 0.705 bits per heavy atom. The first kappa shape index (κ1) is 28.4. The monoisotopic (exact) mass is 594 g/mol. The summed E-state index contributed by atoms with van der Waals surface area (Å²) in [5.74, 6) is 3.05. The maximum absolute atomic E-state index is 11.6. The van der Waals surface area contributed by atoms with E-state index in [-0.39, 0.29) is 23.6 Å². The topological polar surface area (TPSA) is 83.9 Å². The Morgan fingerprint density at radius 2 is 1.36 bits per heavy atom. The quantitative estimate of drug-likeness (QED) is 0.270. The van der Waals surface area contributed by atoms with Gasteiger partial charge in [0.25, 0.3) is 0 Å².